The normalized spacial score (nSPS) is 14.8. The topological polar surface area (TPSA) is 48.4 Å². The second kappa shape index (κ2) is 3.73. The predicted molar refractivity (Wildman–Crippen MR) is 54.9 cm³/mol. The number of nitrogens with zero attached hydrogens (tertiary/aromatic N) is 1. The molecule has 0 N–H and O–H groups in total. The van der Waals surface area contributed by atoms with Gasteiger partial charge in [0.25, 0.3) is 0 Å². The van der Waals surface area contributed by atoms with Gasteiger partial charge >= 0.3 is 0 Å². The highest BCUT2D eigenvalue weighted by Crippen LogP contribution is 2.25. The van der Waals surface area contributed by atoms with Crippen LogP contribution in [0.2, 0.25) is 0 Å². The van der Waals surface area contributed by atoms with Gasteiger partial charge in [0.1, 0.15) is 5.75 Å². The molecule has 2 rings (SSSR count). The third kappa shape index (κ3) is 1.83. The minimum Gasteiger partial charge on any atom is -0.495 e. The Morgan fingerprint density at radius 2 is 2.33 bits per heavy atom. The van der Waals surface area contributed by atoms with E-state index in [1.807, 2.05) is 0 Å². The Morgan fingerprint density at radius 1 is 1.53 bits per heavy atom. The number of rotatable bonds is 1. The maximum atomic E-state index is 11.4. The van der Waals surface area contributed by atoms with Gasteiger partial charge in [0.2, 0.25) is 5.88 Å². The van der Waals surface area contributed by atoms with Crippen LogP contribution in [0.15, 0.2) is 17.8 Å². The minimum atomic E-state index is -0.0213. The Labute approximate surface area is 87.5 Å². The third-order valence-electron chi connectivity index (χ3n) is 2.24. The number of hydrogen-bond donors (Lipinski definition) is 0. The second-order valence-corrected chi connectivity index (χ2v) is 3.31. The number of carbonyl (C=O) groups is 1. The van der Waals surface area contributed by atoms with Crippen molar-refractivity contribution >= 4 is 11.9 Å². The lowest BCUT2D eigenvalue weighted by Crippen LogP contribution is -2.10. The largest absolute Gasteiger partial charge is 0.495 e. The number of carbonyl (C=O) groups excluding carboxylic acids is 1. The molecule has 0 fully saturated rings. The fourth-order valence-corrected chi connectivity index (χ4v) is 1.35. The molecular formula is C11H11NO3. The van der Waals surface area contributed by atoms with Crippen LogP contribution < -0.4 is 9.47 Å². The van der Waals surface area contributed by atoms with Crippen LogP contribution in [0.5, 0.6) is 11.6 Å². The predicted octanol–water partition coefficient (Wildman–Crippen LogP) is 1.45. The van der Waals surface area contributed by atoms with Crippen LogP contribution in [0.1, 0.15) is 12.5 Å². The number of fused-ring (bicyclic) bond motifs is 1. The summed E-state index contributed by atoms with van der Waals surface area (Å²) in [5.74, 6) is 1.10. The van der Waals surface area contributed by atoms with Crippen LogP contribution in [-0.2, 0) is 4.79 Å². The first kappa shape index (κ1) is 9.71. The van der Waals surface area contributed by atoms with E-state index in [0.717, 1.165) is 5.56 Å². The highest BCUT2D eigenvalue weighted by molar-refractivity contribution is 6.01. The summed E-state index contributed by atoms with van der Waals surface area (Å²) in [6.07, 6.45) is 3.33. The van der Waals surface area contributed by atoms with Gasteiger partial charge in [-0.1, -0.05) is 0 Å². The van der Waals surface area contributed by atoms with Gasteiger partial charge in [-0.15, -0.1) is 0 Å². The zero-order valence-corrected chi connectivity index (χ0v) is 8.61. The Hall–Kier alpha value is -1.84. The molecule has 0 unspecified atom stereocenters. The van der Waals surface area contributed by atoms with Gasteiger partial charge in [0.05, 0.1) is 13.3 Å². The summed E-state index contributed by atoms with van der Waals surface area (Å²) in [4.78, 5) is 15.5. The number of pyridine rings is 1. The molecule has 78 valence electrons. The maximum Gasteiger partial charge on any atom is 0.221 e. The summed E-state index contributed by atoms with van der Waals surface area (Å²) in [5, 5.41) is 0. The van der Waals surface area contributed by atoms with E-state index in [9.17, 15) is 4.79 Å². The summed E-state index contributed by atoms with van der Waals surface area (Å²) in [6.45, 7) is 1.81. The SMILES string of the molecule is COc1cnc2c(c1)C=C(C)C(=O)CO2. The highest BCUT2D eigenvalue weighted by atomic mass is 16.5. The number of ether oxygens (including phenoxy) is 2. The molecule has 0 atom stereocenters. The molecule has 2 heterocycles. The van der Waals surface area contributed by atoms with E-state index in [1.165, 1.54) is 0 Å². The summed E-state index contributed by atoms with van der Waals surface area (Å²) >= 11 is 0. The molecule has 0 bridgehead atoms. The van der Waals surface area contributed by atoms with Gasteiger partial charge in [-0.3, -0.25) is 4.79 Å². The lowest BCUT2D eigenvalue weighted by Gasteiger charge is -2.05. The molecular weight excluding hydrogens is 194 g/mol. The van der Waals surface area contributed by atoms with E-state index in [-0.39, 0.29) is 12.4 Å². The van der Waals surface area contributed by atoms with Gasteiger partial charge in [-0.05, 0) is 24.6 Å². The van der Waals surface area contributed by atoms with Crippen LogP contribution in [-0.4, -0.2) is 24.5 Å². The zero-order chi connectivity index (χ0) is 10.8. The molecule has 1 aliphatic rings. The first-order valence-electron chi connectivity index (χ1n) is 4.59. The molecule has 1 aromatic rings. The van der Waals surface area contributed by atoms with Crippen molar-refractivity contribution < 1.29 is 14.3 Å². The number of aromatic nitrogens is 1. The van der Waals surface area contributed by atoms with Crippen molar-refractivity contribution in [1.29, 1.82) is 0 Å². The molecule has 4 heteroatoms. The fourth-order valence-electron chi connectivity index (χ4n) is 1.35. The standard InChI is InChI=1S/C11H11NO3/c1-7-3-8-4-9(14-2)5-12-11(8)15-6-10(7)13/h3-5H,6H2,1-2H3. The van der Waals surface area contributed by atoms with Crippen molar-refractivity contribution in [2.24, 2.45) is 0 Å². The van der Waals surface area contributed by atoms with Crippen LogP contribution in [0.25, 0.3) is 6.08 Å². The highest BCUT2D eigenvalue weighted by Gasteiger charge is 2.15. The average molecular weight is 205 g/mol. The molecule has 0 spiro atoms. The number of hydrogen-bond acceptors (Lipinski definition) is 4. The van der Waals surface area contributed by atoms with Crippen molar-refractivity contribution in [3.63, 3.8) is 0 Å². The molecule has 0 aliphatic carbocycles. The van der Waals surface area contributed by atoms with Crippen molar-refractivity contribution in [3.05, 3.63) is 23.4 Å². The number of Topliss-reactive ketones (excluding diaryl/α,β-unsaturated/α-hetero) is 1. The summed E-state index contributed by atoms with van der Waals surface area (Å²) in [5.41, 5.74) is 1.45. The van der Waals surface area contributed by atoms with Crippen LogP contribution >= 0.6 is 0 Å². The molecule has 0 amide bonds. The van der Waals surface area contributed by atoms with Gasteiger partial charge in [0, 0.05) is 5.56 Å². The minimum absolute atomic E-state index is 0.0213. The van der Waals surface area contributed by atoms with E-state index in [2.05, 4.69) is 4.98 Å². The van der Waals surface area contributed by atoms with Crippen LogP contribution in [0.3, 0.4) is 0 Å². The Morgan fingerprint density at radius 3 is 3.07 bits per heavy atom. The quantitative estimate of drug-likeness (QED) is 0.696. The Balaban J connectivity index is 2.48. The van der Waals surface area contributed by atoms with Crippen molar-refractivity contribution in [3.8, 4) is 11.6 Å². The lowest BCUT2D eigenvalue weighted by molar-refractivity contribution is -0.117. The monoisotopic (exact) mass is 205 g/mol. The van der Waals surface area contributed by atoms with E-state index >= 15 is 0 Å². The first-order valence-corrected chi connectivity index (χ1v) is 4.59. The number of methoxy groups -OCH3 is 1. The molecule has 4 nitrogen and oxygen atoms in total. The van der Waals surface area contributed by atoms with E-state index in [0.29, 0.717) is 17.2 Å². The fraction of sp³-hybridized carbons (Fsp3) is 0.273. The van der Waals surface area contributed by atoms with E-state index in [1.54, 1.807) is 32.4 Å². The first-order chi connectivity index (χ1) is 7.20. The molecule has 0 saturated carbocycles. The number of ketones is 1. The second-order valence-electron chi connectivity index (χ2n) is 3.31. The van der Waals surface area contributed by atoms with Crippen molar-refractivity contribution in [1.82, 2.24) is 4.98 Å². The zero-order valence-electron chi connectivity index (χ0n) is 8.61. The van der Waals surface area contributed by atoms with Gasteiger partial charge < -0.3 is 9.47 Å². The summed E-state index contributed by atoms with van der Waals surface area (Å²) < 4.78 is 10.3. The van der Waals surface area contributed by atoms with Crippen LogP contribution in [0, 0.1) is 0 Å². The maximum absolute atomic E-state index is 11.4. The van der Waals surface area contributed by atoms with Gasteiger partial charge in [-0.2, -0.15) is 0 Å². The van der Waals surface area contributed by atoms with Gasteiger partial charge in [0.15, 0.2) is 12.4 Å². The van der Waals surface area contributed by atoms with E-state index in [4.69, 9.17) is 9.47 Å². The molecule has 1 aliphatic heterocycles. The molecule has 0 aromatic carbocycles. The Bertz CT molecular complexity index is 437. The molecule has 0 radical (unpaired) electrons. The van der Waals surface area contributed by atoms with Crippen molar-refractivity contribution in [2.45, 2.75) is 6.92 Å². The van der Waals surface area contributed by atoms with Crippen LogP contribution in [0.4, 0.5) is 0 Å². The molecule has 1 aromatic heterocycles. The average Bonchev–Trinajstić information content (AvgIpc) is 2.39. The molecule has 0 saturated heterocycles. The van der Waals surface area contributed by atoms with E-state index < -0.39 is 0 Å². The third-order valence-corrected chi connectivity index (χ3v) is 2.24. The van der Waals surface area contributed by atoms with Gasteiger partial charge in [-0.25, -0.2) is 4.98 Å². The summed E-state index contributed by atoms with van der Waals surface area (Å²) in [7, 11) is 1.57. The smallest absolute Gasteiger partial charge is 0.221 e. The molecule has 15 heavy (non-hydrogen) atoms. The van der Waals surface area contributed by atoms with Crippen molar-refractivity contribution in [2.75, 3.05) is 13.7 Å². The Kier molecular flexibility index (Phi) is 2.41. The lowest BCUT2D eigenvalue weighted by atomic mass is 10.1. The summed E-state index contributed by atoms with van der Waals surface area (Å²) in [6, 6.07) is 1.80.